The highest BCUT2D eigenvalue weighted by molar-refractivity contribution is 6.30. The topological polar surface area (TPSA) is 21.3 Å². The summed E-state index contributed by atoms with van der Waals surface area (Å²) in [4.78, 5) is 0. The molecular weight excluding hydrogens is 222 g/mol. The smallest absolute Gasteiger partial charge is 0.0488 e. The van der Waals surface area contributed by atoms with Crippen molar-refractivity contribution >= 4 is 11.6 Å². The summed E-state index contributed by atoms with van der Waals surface area (Å²) in [5.41, 5.74) is 1.23. The Balaban J connectivity index is 2.67. The van der Waals surface area contributed by atoms with E-state index in [0.29, 0.717) is 12.0 Å². The molecule has 3 heteroatoms. The molecule has 0 saturated carbocycles. The lowest BCUT2D eigenvalue weighted by atomic mass is 9.96. The van der Waals surface area contributed by atoms with Crippen molar-refractivity contribution in [1.82, 2.24) is 5.32 Å². The van der Waals surface area contributed by atoms with Gasteiger partial charge in [0.15, 0.2) is 0 Å². The Morgan fingerprint density at radius 3 is 2.75 bits per heavy atom. The van der Waals surface area contributed by atoms with Gasteiger partial charge in [0.05, 0.1) is 0 Å². The number of ether oxygens (including phenoxy) is 1. The molecule has 0 bridgehead atoms. The van der Waals surface area contributed by atoms with E-state index in [1.54, 1.807) is 7.11 Å². The summed E-state index contributed by atoms with van der Waals surface area (Å²) in [5.74, 6) is 0.529. The molecule has 0 spiro atoms. The maximum atomic E-state index is 5.99. The minimum Gasteiger partial charge on any atom is -0.384 e. The van der Waals surface area contributed by atoms with Gasteiger partial charge in [-0.1, -0.05) is 30.7 Å². The summed E-state index contributed by atoms with van der Waals surface area (Å²) >= 11 is 5.99. The molecule has 16 heavy (non-hydrogen) atoms. The van der Waals surface area contributed by atoms with Crippen LogP contribution in [0.3, 0.4) is 0 Å². The molecule has 0 aliphatic carbocycles. The zero-order chi connectivity index (χ0) is 12.0. The van der Waals surface area contributed by atoms with Crippen molar-refractivity contribution < 1.29 is 4.74 Å². The Kier molecular flexibility index (Phi) is 5.81. The number of hydrogen-bond donors (Lipinski definition) is 1. The highest BCUT2D eigenvalue weighted by atomic mass is 35.5. The molecule has 0 radical (unpaired) electrons. The van der Waals surface area contributed by atoms with Gasteiger partial charge in [-0.15, -0.1) is 0 Å². The van der Waals surface area contributed by atoms with Gasteiger partial charge < -0.3 is 10.1 Å². The van der Waals surface area contributed by atoms with Crippen LogP contribution in [0.25, 0.3) is 0 Å². The normalized spacial score (nSPS) is 14.8. The first-order chi connectivity index (χ1) is 7.67. The molecule has 90 valence electrons. The number of nitrogens with one attached hydrogen (secondary N) is 1. The zero-order valence-corrected chi connectivity index (χ0v) is 10.9. The summed E-state index contributed by atoms with van der Waals surface area (Å²) < 4.78 is 5.15. The third kappa shape index (κ3) is 4.12. The van der Waals surface area contributed by atoms with Crippen LogP contribution in [0.2, 0.25) is 5.02 Å². The third-order valence-corrected chi connectivity index (χ3v) is 2.92. The molecule has 1 rings (SSSR count). The molecule has 0 amide bonds. The molecule has 0 aliphatic heterocycles. The van der Waals surface area contributed by atoms with Crippen LogP contribution in [-0.4, -0.2) is 20.8 Å². The Labute approximate surface area is 103 Å². The van der Waals surface area contributed by atoms with Crippen LogP contribution in [0.15, 0.2) is 24.3 Å². The van der Waals surface area contributed by atoms with Gasteiger partial charge in [0.2, 0.25) is 0 Å². The van der Waals surface area contributed by atoms with E-state index in [9.17, 15) is 0 Å². The van der Waals surface area contributed by atoms with Crippen LogP contribution in [-0.2, 0) is 4.74 Å². The Morgan fingerprint density at radius 2 is 2.19 bits per heavy atom. The fraction of sp³-hybridized carbons (Fsp3) is 0.538. The van der Waals surface area contributed by atoms with E-state index in [0.717, 1.165) is 18.1 Å². The van der Waals surface area contributed by atoms with E-state index >= 15 is 0 Å². The second-order valence-electron chi connectivity index (χ2n) is 4.19. The number of methoxy groups -OCH3 is 1. The molecule has 0 fully saturated rings. The standard InChI is InChI=1S/C13H20ClNO/c1-10(9-16-3)7-13(15-2)11-5-4-6-12(14)8-11/h4-6,8,10,13,15H,7,9H2,1-3H3. The summed E-state index contributed by atoms with van der Waals surface area (Å²) in [6.07, 6.45) is 1.05. The van der Waals surface area contributed by atoms with Crippen LogP contribution >= 0.6 is 11.6 Å². The highest BCUT2D eigenvalue weighted by Crippen LogP contribution is 2.23. The van der Waals surface area contributed by atoms with E-state index < -0.39 is 0 Å². The lowest BCUT2D eigenvalue weighted by Gasteiger charge is -2.20. The van der Waals surface area contributed by atoms with Gasteiger partial charge in [-0.3, -0.25) is 0 Å². The van der Waals surface area contributed by atoms with Gasteiger partial charge in [-0.05, 0) is 37.1 Å². The van der Waals surface area contributed by atoms with Crippen LogP contribution in [0.4, 0.5) is 0 Å². The summed E-state index contributed by atoms with van der Waals surface area (Å²) in [6.45, 7) is 2.98. The molecule has 1 N–H and O–H groups in total. The van der Waals surface area contributed by atoms with Crippen LogP contribution in [0.5, 0.6) is 0 Å². The van der Waals surface area contributed by atoms with Crippen molar-refractivity contribution in [1.29, 1.82) is 0 Å². The van der Waals surface area contributed by atoms with Crippen LogP contribution < -0.4 is 5.32 Å². The number of benzene rings is 1. The summed E-state index contributed by atoms with van der Waals surface area (Å²) in [5, 5.41) is 4.11. The van der Waals surface area contributed by atoms with E-state index in [4.69, 9.17) is 16.3 Å². The second-order valence-corrected chi connectivity index (χ2v) is 4.63. The minimum atomic E-state index is 0.337. The molecule has 0 aromatic heterocycles. The second kappa shape index (κ2) is 6.89. The SMILES string of the molecule is CNC(CC(C)COC)c1cccc(Cl)c1. The molecule has 0 saturated heterocycles. The first-order valence-corrected chi connectivity index (χ1v) is 5.96. The van der Waals surface area contributed by atoms with Crippen molar-refractivity contribution in [2.24, 2.45) is 5.92 Å². The molecule has 2 atom stereocenters. The largest absolute Gasteiger partial charge is 0.384 e. The van der Waals surface area contributed by atoms with Crippen molar-refractivity contribution in [3.05, 3.63) is 34.9 Å². The quantitative estimate of drug-likeness (QED) is 0.826. The van der Waals surface area contributed by atoms with Crippen molar-refractivity contribution in [3.63, 3.8) is 0 Å². The van der Waals surface area contributed by atoms with Gasteiger partial charge >= 0.3 is 0 Å². The molecule has 1 aromatic rings. The highest BCUT2D eigenvalue weighted by Gasteiger charge is 2.13. The maximum Gasteiger partial charge on any atom is 0.0488 e. The van der Waals surface area contributed by atoms with E-state index in [2.05, 4.69) is 18.3 Å². The van der Waals surface area contributed by atoms with Gasteiger partial charge in [0, 0.05) is 24.8 Å². The number of rotatable bonds is 6. The lowest BCUT2D eigenvalue weighted by Crippen LogP contribution is -2.20. The van der Waals surface area contributed by atoms with Crippen molar-refractivity contribution in [2.45, 2.75) is 19.4 Å². The molecule has 2 nitrogen and oxygen atoms in total. The average Bonchev–Trinajstić information content (AvgIpc) is 2.26. The Morgan fingerprint density at radius 1 is 1.44 bits per heavy atom. The van der Waals surface area contributed by atoms with E-state index in [1.807, 2.05) is 25.2 Å². The molecule has 0 aliphatic rings. The Bertz CT molecular complexity index is 317. The van der Waals surface area contributed by atoms with E-state index in [1.165, 1.54) is 5.56 Å². The van der Waals surface area contributed by atoms with Crippen molar-refractivity contribution in [3.8, 4) is 0 Å². The van der Waals surface area contributed by atoms with Gasteiger partial charge in [0.1, 0.15) is 0 Å². The minimum absolute atomic E-state index is 0.337. The van der Waals surface area contributed by atoms with Crippen LogP contribution in [0, 0.1) is 5.92 Å². The lowest BCUT2D eigenvalue weighted by molar-refractivity contribution is 0.150. The van der Waals surface area contributed by atoms with Crippen LogP contribution in [0.1, 0.15) is 24.9 Å². The fourth-order valence-corrected chi connectivity index (χ4v) is 2.10. The first-order valence-electron chi connectivity index (χ1n) is 5.59. The summed E-state index contributed by atoms with van der Waals surface area (Å²) in [7, 11) is 3.72. The zero-order valence-electron chi connectivity index (χ0n) is 10.2. The maximum absolute atomic E-state index is 5.99. The van der Waals surface area contributed by atoms with E-state index in [-0.39, 0.29) is 0 Å². The van der Waals surface area contributed by atoms with Gasteiger partial charge in [-0.2, -0.15) is 0 Å². The first kappa shape index (κ1) is 13.5. The monoisotopic (exact) mass is 241 g/mol. The van der Waals surface area contributed by atoms with Crippen molar-refractivity contribution in [2.75, 3.05) is 20.8 Å². The number of halogens is 1. The molecular formula is C13H20ClNO. The molecule has 0 heterocycles. The third-order valence-electron chi connectivity index (χ3n) is 2.69. The fourth-order valence-electron chi connectivity index (χ4n) is 1.90. The Hall–Kier alpha value is -0.570. The predicted molar refractivity (Wildman–Crippen MR) is 68.9 cm³/mol. The molecule has 2 unspecified atom stereocenters. The predicted octanol–water partition coefficient (Wildman–Crippen LogP) is 3.27. The molecule has 1 aromatic carbocycles. The average molecular weight is 242 g/mol. The number of hydrogen-bond acceptors (Lipinski definition) is 2. The van der Waals surface area contributed by atoms with Gasteiger partial charge in [0.25, 0.3) is 0 Å². The summed E-state index contributed by atoms with van der Waals surface area (Å²) in [6, 6.07) is 8.35. The van der Waals surface area contributed by atoms with Gasteiger partial charge in [-0.25, -0.2) is 0 Å².